The van der Waals surface area contributed by atoms with Crippen LogP contribution in [0.1, 0.15) is 41.6 Å². The molecule has 0 spiro atoms. The van der Waals surface area contributed by atoms with E-state index in [0.717, 1.165) is 22.6 Å². The summed E-state index contributed by atoms with van der Waals surface area (Å²) in [7, 11) is 0. The largest absolute Gasteiger partial charge is 0.352 e. The normalized spacial score (nSPS) is 16.1. The van der Waals surface area contributed by atoms with Gasteiger partial charge in [-0.15, -0.1) is 12.6 Å². The average molecular weight is 249 g/mol. The van der Waals surface area contributed by atoms with Crippen molar-refractivity contribution in [3.8, 4) is 0 Å². The SMILES string of the molecule is Cc1ccc(S)cc1C(=O)NCC1CCCC1. The van der Waals surface area contributed by atoms with Gasteiger partial charge in [-0.2, -0.15) is 0 Å². The van der Waals surface area contributed by atoms with E-state index in [1.54, 1.807) is 0 Å². The molecule has 2 nitrogen and oxygen atoms in total. The van der Waals surface area contributed by atoms with Gasteiger partial charge in [-0.25, -0.2) is 0 Å². The van der Waals surface area contributed by atoms with Crippen LogP contribution in [0.2, 0.25) is 0 Å². The van der Waals surface area contributed by atoms with Crippen molar-refractivity contribution in [2.24, 2.45) is 5.92 Å². The Hall–Kier alpha value is -0.960. The number of rotatable bonds is 3. The van der Waals surface area contributed by atoms with Gasteiger partial charge in [0.05, 0.1) is 0 Å². The first-order valence-corrected chi connectivity index (χ1v) is 6.69. The van der Waals surface area contributed by atoms with E-state index in [-0.39, 0.29) is 5.91 Å². The standard InChI is InChI=1S/C14H19NOS/c1-10-6-7-12(17)8-13(10)14(16)15-9-11-4-2-3-5-11/h6-8,11,17H,2-5,9H2,1H3,(H,15,16). The Bertz CT molecular complexity index is 411. The first-order valence-electron chi connectivity index (χ1n) is 6.24. The van der Waals surface area contributed by atoms with Crippen LogP contribution in [-0.2, 0) is 0 Å². The Balaban J connectivity index is 1.96. The molecule has 92 valence electrons. The van der Waals surface area contributed by atoms with Crippen LogP contribution in [0.15, 0.2) is 23.1 Å². The highest BCUT2D eigenvalue weighted by Gasteiger charge is 2.16. The van der Waals surface area contributed by atoms with Crippen molar-refractivity contribution < 1.29 is 4.79 Å². The van der Waals surface area contributed by atoms with Crippen molar-refractivity contribution in [1.29, 1.82) is 0 Å². The molecule has 0 aromatic heterocycles. The second-order valence-electron chi connectivity index (χ2n) is 4.86. The summed E-state index contributed by atoms with van der Waals surface area (Å²) in [6, 6.07) is 5.68. The maximum atomic E-state index is 12.0. The minimum absolute atomic E-state index is 0.0327. The van der Waals surface area contributed by atoms with Crippen molar-refractivity contribution in [3.05, 3.63) is 29.3 Å². The highest BCUT2D eigenvalue weighted by Crippen LogP contribution is 2.24. The van der Waals surface area contributed by atoms with Crippen LogP contribution in [0.3, 0.4) is 0 Å². The molecule has 1 aliphatic rings. The minimum Gasteiger partial charge on any atom is -0.352 e. The first-order chi connectivity index (χ1) is 8.16. The summed E-state index contributed by atoms with van der Waals surface area (Å²) in [6.45, 7) is 2.77. The summed E-state index contributed by atoms with van der Waals surface area (Å²) < 4.78 is 0. The van der Waals surface area contributed by atoms with Gasteiger partial charge in [-0.05, 0) is 43.4 Å². The molecule has 0 unspecified atom stereocenters. The summed E-state index contributed by atoms with van der Waals surface area (Å²) in [6.07, 6.45) is 5.13. The summed E-state index contributed by atoms with van der Waals surface area (Å²) in [5.74, 6) is 0.712. The summed E-state index contributed by atoms with van der Waals surface area (Å²) in [5.41, 5.74) is 1.75. The molecule has 1 fully saturated rings. The Morgan fingerprint density at radius 1 is 1.41 bits per heavy atom. The number of carbonyl (C=O) groups is 1. The molecule has 1 N–H and O–H groups in total. The number of amides is 1. The fourth-order valence-corrected chi connectivity index (χ4v) is 2.60. The van der Waals surface area contributed by atoms with E-state index < -0.39 is 0 Å². The highest BCUT2D eigenvalue weighted by atomic mass is 32.1. The number of aryl methyl sites for hydroxylation is 1. The topological polar surface area (TPSA) is 29.1 Å². The van der Waals surface area contributed by atoms with Gasteiger partial charge >= 0.3 is 0 Å². The van der Waals surface area contributed by atoms with Crippen LogP contribution in [0.4, 0.5) is 0 Å². The summed E-state index contributed by atoms with van der Waals surface area (Å²) in [5, 5.41) is 3.04. The Kier molecular flexibility index (Phi) is 4.11. The summed E-state index contributed by atoms with van der Waals surface area (Å²) >= 11 is 4.27. The van der Waals surface area contributed by atoms with E-state index in [1.165, 1.54) is 25.7 Å². The van der Waals surface area contributed by atoms with Gasteiger partial charge in [0.2, 0.25) is 0 Å². The van der Waals surface area contributed by atoms with Gasteiger partial charge in [0.15, 0.2) is 0 Å². The van der Waals surface area contributed by atoms with Crippen LogP contribution in [0.5, 0.6) is 0 Å². The molecule has 0 atom stereocenters. The molecule has 0 radical (unpaired) electrons. The molecule has 2 rings (SSSR count). The molecule has 1 aromatic rings. The third-order valence-corrected chi connectivity index (χ3v) is 3.77. The van der Waals surface area contributed by atoms with Gasteiger partial charge in [-0.3, -0.25) is 4.79 Å². The van der Waals surface area contributed by atoms with Crippen molar-refractivity contribution in [3.63, 3.8) is 0 Å². The van der Waals surface area contributed by atoms with Crippen molar-refractivity contribution >= 4 is 18.5 Å². The van der Waals surface area contributed by atoms with Crippen molar-refractivity contribution in [2.45, 2.75) is 37.5 Å². The van der Waals surface area contributed by atoms with E-state index in [1.807, 2.05) is 25.1 Å². The average Bonchev–Trinajstić information content (AvgIpc) is 2.82. The van der Waals surface area contributed by atoms with Gasteiger partial charge < -0.3 is 5.32 Å². The second kappa shape index (κ2) is 5.58. The molecule has 1 amide bonds. The molecule has 0 bridgehead atoms. The number of thiol groups is 1. The van der Waals surface area contributed by atoms with E-state index in [0.29, 0.717) is 5.92 Å². The van der Waals surface area contributed by atoms with Gasteiger partial charge in [0, 0.05) is 17.0 Å². The number of hydrogen-bond acceptors (Lipinski definition) is 2. The molecule has 0 aliphatic heterocycles. The predicted octanol–water partition coefficient (Wildman–Crippen LogP) is 3.20. The van der Waals surface area contributed by atoms with Crippen molar-refractivity contribution in [2.75, 3.05) is 6.54 Å². The van der Waals surface area contributed by atoms with Crippen LogP contribution < -0.4 is 5.32 Å². The molecular formula is C14H19NOS. The fourth-order valence-electron chi connectivity index (χ4n) is 2.40. The summed E-state index contributed by atoms with van der Waals surface area (Å²) in [4.78, 5) is 12.9. The first kappa shape index (κ1) is 12.5. The Labute approximate surface area is 108 Å². The quantitative estimate of drug-likeness (QED) is 0.791. The zero-order chi connectivity index (χ0) is 12.3. The second-order valence-corrected chi connectivity index (χ2v) is 5.38. The molecule has 1 aliphatic carbocycles. The van der Waals surface area contributed by atoms with Gasteiger partial charge in [-0.1, -0.05) is 18.9 Å². The zero-order valence-corrected chi connectivity index (χ0v) is 11.1. The molecular weight excluding hydrogens is 230 g/mol. The maximum Gasteiger partial charge on any atom is 0.251 e. The molecule has 1 saturated carbocycles. The zero-order valence-electron chi connectivity index (χ0n) is 10.2. The van der Waals surface area contributed by atoms with Crippen LogP contribution in [0, 0.1) is 12.8 Å². The molecule has 0 heterocycles. The van der Waals surface area contributed by atoms with Crippen LogP contribution >= 0.6 is 12.6 Å². The van der Waals surface area contributed by atoms with E-state index in [9.17, 15) is 4.79 Å². The van der Waals surface area contributed by atoms with Crippen molar-refractivity contribution in [1.82, 2.24) is 5.32 Å². The molecule has 0 saturated heterocycles. The number of nitrogens with one attached hydrogen (secondary N) is 1. The lowest BCUT2D eigenvalue weighted by molar-refractivity contribution is 0.0946. The van der Waals surface area contributed by atoms with E-state index >= 15 is 0 Å². The Morgan fingerprint density at radius 2 is 2.12 bits per heavy atom. The number of carbonyl (C=O) groups excluding carboxylic acids is 1. The van der Waals surface area contributed by atoms with Crippen LogP contribution in [-0.4, -0.2) is 12.5 Å². The number of hydrogen-bond donors (Lipinski definition) is 2. The smallest absolute Gasteiger partial charge is 0.251 e. The van der Waals surface area contributed by atoms with Gasteiger partial charge in [0.1, 0.15) is 0 Å². The maximum absolute atomic E-state index is 12.0. The third kappa shape index (κ3) is 3.25. The van der Waals surface area contributed by atoms with Gasteiger partial charge in [0.25, 0.3) is 5.91 Å². The third-order valence-electron chi connectivity index (χ3n) is 3.49. The lowest BCUT2D eigenvalue weighted by Gasteiger charge is -2.12. The van der Waals surface area contributed by atoms with E-state index in [4.69, 9.17) is 0 Å². The minimum atomic E-state index is 0.0327. The van der Waals surface area contributed by atoms with E-state index in [2.05, 4.69) is 17.9 Å². The Morgan fingerprint density at radius 3 is 2.82 bits per heavy atom. The highest BCUT2D eigenvalue weighted by molar-refractivity contribution is 7.80. The fraction of sp³-hybridized carbons (Fsp3) is 0.500. The monoisotopic (exact) mass is 249 g/mol. The molecule has 3 heteroatoms. The van der Waals surface area contributed by atoms with Crippen LogP contribution in [0.25, 0.3) is 0 Å². The number of benzene rings is 1. The predicted molar refractivity (Wildman–Crippen MR) is 72.7 cm³/mol. The molecule has 1 aromatic carbocycles. The lowest BCUT2D eigenvalue weighted by Crippen LogP contribution is -2.28. The molecule has 17 heavy (non-hydrogen) atoms. The lowest BCUT2D eigenvalue weighted by atomic mass is 10.1.